The van der Waals surface area contributed by atoms with Crippen LogP contribution in [-0.4, -0.2) is 28.6 Å². The number of ether oxygens (including phenoxy) is 1. The second-order valence-corrected chi connectivity index (χ2v) is 5.74. The van der Waals surface area contributed by atoms with Crippen molar-refractivity contribution in [3.05, 3.63) is 29.3 Å². The largest absolute Gasteiger partial charge is 0.467 e. The van der Waals surface area contributed by atoms with E-state index in [0.29, 0.717) is 17.1 Å². The third-order valence-corrected chi connectivity index (χ3v) is 3.88. The zero-order valence-electron chi connectivity index (χ0n) is 12.8. The summed E-state index contributed by atoms with van der Waals surface area (Å²) in [6.07, 6.45) is 1.01. The van der Waals surface area contributed by atoms with Crippen molar-refractivity contribution < 1.29 is 4.74 Å². The molecule has 0 saturated heterocycles. The van der Waals surface area contributed by atoms with Crippen LogP contribution in [0.25, 0.3) is 0 Å². The molecule has 5 nitrogen and oxygen atoms in total. The predicted molar refractivity (Wildman–Crippen MR) is 85.2 cm³/mol. The first-order chi connectivity index (χ1) is 10.1. The highest BCUT2D eigenvalue weighted by molar-refractivity contribution is 7.99. The Kier molecular flexibility index (Phi) is 5.38. The number of nitrogens with one attached hydrogen (secondary N) is 1. The van der Waals surface area contributed by atoms with Crippen LogP contribution in [0.2, 0.25) is 0 Å². The normalized spacial score (nSPS) is 10.5. The van der Waals surface area contributed by atoms with Gasteiger partial charge in [0.25, 0.3) is 0 Å². The Morgan fingerprint density at radius 1 is 1.19 bits per heavy atom. The highest BCUT2D eigenvalue weighted by atomic mass is 32.2. The molecule has 0 aliphatic carbocycles. The fourth-order valence-corrected chi connectivity index (χ4v) is 2.63. The quantitative estimate of drug-likeness (QED) is 0.882. The average molecular weight is 304 g/mol. The van der Waals surface area contributed by atoms with Gasteiger partial charge in [-0.25, -0.2) is 0 Å². The maximum atomic E-state index is 5.15. The number of hydrogen-bond acceptors (Lipinski definition) is 6. The zero-order chi connectivity index (χ0) is 15.2. The van der Waals surface area contributed by atoms with Crippen LogP contribution in [0.1, 0.15) is 24.5 Å². The van der Waals surface area contributed by atoms with Crippen molar-refractivity contribution in [3.8, 4) is 6.01 Å². The summed E-state index contributed by atoms with van der Waals surface area (Å²) in [5.41, 5.74) is 2.42. The molecule has 21 heavy (non-hydrogen) atoms. The first-order valence-electron chi connectivity index (χ1n) is 6.91. The Labute approximate surface area is 129 Å². The molecule has 0 spiro atoms. The smallest absolute Gasteiger partial charge is 0.321 e. The van der Waals surface area contributed by atoms with Crippen LogP contribution in [-0.2, 0) is 0 Å². The van der Waals surface area contributed by atoms with Gasteiger partial charge in [0.05, 0.1) is 7.11 Å². The van der Waals surface area contributed by atoms with Gasteiger partial charge in [0.15, 0.2) is 0 Å². The van der Waals surface area contributed by atoms with Crippen molar-refractivity contribution in [3.63, 3.8) is 0 Å². The lowest BCUT2D eigenvalue weighted by atomic mass is 10.2. The van der Waals surface area contributed by atoms with E-state index in [1.54, 1.807) is 7.11 Å². The van der Waals surface area contributed by atoms with Crippen molar-refractivity contribution in [2.75, 3.05) is 19.0 Å². The number of aryl methyl sites for hydroxylation is 2. The van der Waals surface area contributed by atoms with E-state index in [9.17, 15) is 0 Å². The molecule has 0 aliphatic rings. The predicted octanol–water partition coefficient (Wildman–Crippen LogP) is 3.47. The molecule has 0 atom stereocenters. The third-order valence-electron chi connectivity index (χ3n) is 2.85. The van der Waals surface area contributed by atoms with Gasteiger partial charge in [0, 0.05) is 11.4 Å². The first-order valence-corrected chi connectivity index (χ1v) is 7.73. The lowest BCUT2D eigenvalue weighted by Crippen LogP contribution is -2.07. The van der Waals surface area contributed by atoms with E-state index in [1.807, 2.05) is 0 Å². The van der Waals surface area contributed by atoms with Gasteiger partial charge < -0.3 is 10.1 Å². The van der Waals surface area contributed by atoms with Crippen LogP contribution in [0.3, 0.4) is 0 Å². The van der Waals surface area contributed by atoms with Crippen LogP contribution < -0.4 is 10.1 Å². The summed E-state index contributed by atoms with van der Waals surface area (Å²) in [4.78, 5) is 14.1. The lowest BCUT2D eigenvalue weighted by Gasteiger charge is -2.09. The fraction of sp³-hybridized carbons (Fsp3) is 0.400. The highest BCUT2D eigenvalue weighted by Crippen LogP contribution is 2.29. The Balaban J connectivity index is 2.27. The number of benzene rings is 1. The molecule has 0 amide bonds. The van der Waals surface area contributed by atoms with Crippen LogP contribution >= 0.6 is 11.8 Å². The maximum Gasteiger partial charge on any atom is 0.321 e. The minimum absolute atomic E-state index is 0.330. The molecule has 2 aromatic rings. The number of rotatable bonds is 6. The van der Waals surface area contributed by atoms with Crippen molar-refractivity contribution in [2.45, 2.75) is 37.2 Å². The van der Waals surface area contributed by atoms with Crippen molar-refractivity contribution in [1.82, 2.24) is 15.0 Å². The molecule has 1 N–H and O–H groups in total. The highest BCUT2D eigenvalue weighted by Gasteiger charge is 2.09. The molecule has 0 bridgehead atoms. The van der Waals surface area contributed by atoms with Crippen molar-refractivity contribution in [1.29, 1.82) is 0 Å². The van der Waals surface area contributed by atoms with Crippen LogP contribution in [0.15, 0.2) is 28.3 Å². The molecule has 0 radical (unpaired) electrons. The van der Waals surface area contributed by atoms with Gasteiger partial charge in [-0.2, -0.15) is 15.0 Å². The van der Waals surface area contributed by atoms with Gasteiger partial charge in [-0.05, 0) is 49.2 Å². The molecule has 6 heteroatoms. The van der Waals surface area contributed by atoms with E-state index in [-0.39, 0.29) is 0 Å². The molecule has 1 heterocycles. The van der Waals surface area contributed by atoms with Crippen molar-refractivity contribution >= 4 is 17.7 Å². The molecule has 0 saturated carbocycles. The van der Waals surface area contributed by atoms with Gasteiger partial charge in [-0.1, -0.05) is 19.1 Å². The number of anilines is 1. The standard InChI is InChI=1S/C15H20N4OS/c1-5-8-16-13-17-14(20-4)19-15(18-13)21-12-9-10(2)6-7-11(12)3/h6-7,9H,5,8H2,1-4H3,(H,16,17,18,19). The summed E-state index contributed by atoms with van der Waals surface area (Å²) >= 11 is 1.52. The Hall–Kier alpha value is -1.82. The Morgan fingerprint density at radius 3 is 2.71 bits per heavy atom. The van der Waals surface area contributed by atoms with E-state index in [4.69, 9.17) is 4.74 Å². The molecule has 0 fully saturated rings. The second kappa shape index (κ2) is 7.26. The number of aromatic nitrogens is 3. The van der Waals surface area contributed by atoms with Gasteiger partial charge >= 0.3 is 6.01 Å². The van der Waals surface area contributed by atoms with E-state index >= 15 is 0 Å². The zero-order valence-corrected chi connectivity index (χ0v) is 13.6. The summed E-state index contributed by atoms with van der Waals surface area (Å²) in [7, 11) is 1.56. The summed E-state index contributed by atoms with van der Waals surface area (Å²) in [6, 6.07) is 6.67. The van der Waals surface area contributed by atoms with Crippen LogP contribution in [0.5, 0.6) is 6.01 Å². The molecule has 0 unspecified atom stereocenters. The van der Waals surface area contributed by atoms with Gasteiger partial charge in [-0.3, -0.25) is 0 Å². The number of nitrogens with zero attached hydrogens (tertiary/aromatic N) is 3. The fourth-order valence-electron chi connectivity index (χ4n) is 1.71. The molecule has 0 aliphatic heterocycles. The van der Waals surface area contributed by atoms with Crippen molar-refractivity contribution in [2.24, 2.45) is 0 Å². The topological polar surface area (TPSA) is 59.9 Å². The number of methoxy groups -OCH3 is 1. The van der Waals surface area contributed by atoms with E-state index in [0.717, 1.165) is 17.9 Å². The molecule has 2 rings (SSSR count). The van der Waals surface area contributed by atoms with E-state index < -0.39 is 0 Å². The van der Waals surface area contributed by atoms with Gasteiger partial charge in [0.2, 0.25) is 11.1 Å². The molecular weight excluding hydrogens is 284 g/mol. The Morgan fingerprint density at radius 2 is 2.00 bits per heavy atom. The monoisotopic (exact) mass is 304 g/mol. The average Bonchev–Trinajstić information content (AvgIpc) is 2.48. The summed E-state index contributed by atoms with van der Waals surface area (Å²) in [5, 5.41) is 3.80. The molecule has 1 aromatic heterocycles. The summed E-state index contributed by atoms with van der Waals surface area (Å²) in [6.45, 7) is 7.07. The van der Waals surface area contributed by atoms with E-state index in [1.165, 1.54) is 22.9 Å². The maximum absolute atomic E-state index is 5.15. The Bertz CT molecular complexity index is 619. The van der Waals surface area contributed by atoms with Crippen LogP contribution in [0, 0.1) is 13.8 Å². The summed E-state index contributed by atoms with van der Waals surface area (Å²) in [5.74, 6) is 0.552. The SMILES string of the molecule is CCCNc1nc(OC)nc(Sc2cc(C)ccc2C)n1. The molecule has 112 valence electrons. The third kappa shape index (κ3) is 4.32. The van der Waals surface area contributed by atoms with Crippen LogP contribution in [0.4, 0.5) is 5.95 Å². The van der Waals surface area contributed by atoms with Gasteiger partial charge in [0.1, 0.15) is 0 Å². The minimum Gasteiger partial charge on any atom is -0.467 e. The lowest BCUT2D eigenvalue weighted by molar-refractivity contribution is 0.373. The molecule has 1 aromatic carbocycles. The van der Waals surface area contributed by atoms with Gasteiger partial charge in [-0.15, -0.1) is 0 Å². The summed E-state index contributed by atoms with van der Waals surface area (Å²) < 4.78 is 5.15. The number of hydrogen-bond donors (Lipinski definition) is 1. The minimum atomic E-state index is 0.330. The second-order valence-electron chi connectivity index (χ2n) is 4.73. The molecular formula is C15H20N4OS. The van der Waals surface area contributed by atoms with E-state index in [2.05, 4.69) is 59.2 Å². The first kappa shape index (κ1) is 15.6.